The molecule has 0 fully saturated rings. The van der Waals surface area contributed by atoms with E-state index >= 15 is 0 Å². The van der Waals surface area contributed by atoms with Crippen molar-refractivity contribution < 1.29 is 0 Å². The standard InChI is InChI=1S/C17H31N3S/c1-12(2)9-18-10-16-13(3)8-14(4)19-17(16)20(6)15(5)11-21-7/h8,12,15,18H,9-11H2,1-7H3. The van der Waals surface area contributed by atoms with Crippen LogP contribution in [0.4, 0.5) is 5.82 Å². The van der Waals surface area contributed by atoms with Gasteiger partial charge in [-0.15, -0.1) is 0 Å². The van der Waals surface area contributed by atoms with Crippen molar-refractivity contribution in [3.8, 4) is 0 Å². The van der Waals surface area contributed by atoms with Crippen LogP contribution in [-0.2, 0) is 6.54 Å². The van der Waals surface area contributed by atoms with E-state index in [0.717, 1.165) is 30.4 Å². The average Bonchev–Trinajstić information content (AvgIpc) is 2.39. The highest BCUT2D eigenvalue weighted by Crippen LogP contribution is 2.24. The van der Waals surface area contributed by atoms with Crippen LogP contribution in [0.25, 0.3) is 0 Å². The van der Waals surface area contributed by atoms with Gasteiger partial charge in [-0.3, -0.25) is 0 Å². The lowest BCUT2D eigenvalue weighted by molar-refractivity contribution is 0.550. The fourth-order valence-electron chi connectivity index (χ4n) is 2.40. The Balaban J connectivity index is 2.99. The maximum atomic E-state index is 4.81. The van der Waals surface area contributed by atoms with Crippen molar-refractivity contribution in [2.24, 2.45) is 5.92 Å². The second kappa shape index (κ2) is 8.64. The Bertz CT molecular complexity index is 446. The summed E-state index contributed by atoms with van der Waals surface area (Å²) in [6, 6.07) is 2.67. The predicted octanol–water partition coefficient (Wildman–Crippen LogP) is 3.63. The van der Waals surface area contributed by atoms with Crippen molar-refractivity contribution in [1.82, 2.24) is 10.3 Å². The highest BCUT2D eigenvalue weighted by molar-refractivity contribution is 7.98. The molecule has 21 heavy (non-hydrogen) atoms. The monoisotopic (exact) mass is 309 g/mol. The summed E-state index contributed by atoms with van der Waals surface area (Å²) in [6.07, 6.45) is 2.16. The molecule has 0 saturated carbocycles. The second-order valence-electron chi connectivity index (χ2n) is 6.32. The van der Waals surface area contributed by atoms with Gasteiger partial charge in [0.2, 0.25) is 0 Å². The molecule has 4 heteroatoms. The van der Waals surface area contributed by atoms with Gasteiger partial charge in [-0.1, -0.05) is 13.8 Å². The summed E-state index contributed by atoms with van der Waals surface area (Å²) in [7, 11) is 2.16. The molecule has 1 atom stereocenters. The smallest absolute Gasteiger partial charge is 0.133 e. The van der Waals surface area contributed by atoms with Crippen molar-refractivity contribution in [2.75, 3.05) is 30.5 Å². The number of hydrogen-bond donors (Lipinski definition) is 1. The zero-order valence-electron chi connectivity index (χ0n) is 14.7. The van der Waals surface area contributed by atoms with E-state index in [0.29, 0.717) is 12.0 Å². The first-order valence-electron chi connectivity index (χ1n) is 7.76. The molecule has 0 aliphatic rings. The van der Waals surface area contributed by atoms with Gasteiger partial charge in [-0.25, -0.2) is 4.98 Å². The molecule has 0 radical (unpaired) electrons. The maximum absolute atomic E-state index is 4.81. The van der Waals surface area contributed by atoms with Gasteiger partial charge in [-0.05, 0) is 51.1 Å². The molecule has 1 heterocycles. The van der Waals surface area contributed by atoms with Crippen molar-refractivity contribution >= 4 is 17.6 Å². The zero-order valence-corrected chi connectivity index (χ0v) is 15.5. The molecular weight excluding hydrogens is 278 g/mol. The number of anilines is 1. The molecule has 1 unspecified atom stereocenters. The largest absolute Gasteiger partial charge is 0.356 e. The van der Waals surface area contributed by atoms with Gasteiger partial charge in [0.1, 0.15) is 5.82 Å². The molecule has 0 saturated heterocycles. The number of pyridine rings is 1. The lowest BCUT2D eigenvalue weighted by Gasteiger charge is -2.29. The third-order valence-corrected chi connectivity index (χ3v) is 4.53. The molecule has 0 aliphatic carbocycles. The first-order valence-corrected chi connectivity index (χ1v) is 9.15. The Morgan fingerprint density at radius 1 is 1.29 bits per heavy atom. The summed E-state index contributed by atoms with van der Waals surface area (Å²) in [6.45, 7) is 12.9. The topological polar surface area (TPSA) is 28.2 Å². The predicted molar refractivity (Wildman–Crippen MR) is 96.5 cm³/mol. The van der Waals surface area contributed by atoms with E-state index in [-0.39, 0.29) is 0 Å². The van der Waals surface area contributed by atoms with Gasteiger partial charge < -0.3 is 10.2 Å². The van der Waals surface area contributed by atoms with Crippen LogP contribution in [0.1, 0.15) is 37.6 Å². The van der Waals surface area contributed by atoms with Crippen LogP contribution in [-0.4, -0.2) is 36.6 Å². The van der Waals surface area contributed by atoms with Gasteiger partial charge in [0.25, 0.3) is 0 Å². The number of aromatic nitrogens is 1. The minimum atomic E-state index is 0.484. The van der Waals surface area contributed by atoms with Crippen molar-refractivity contribution in [2.45, 2.75) is 47.2 Å². The maximum Gasteiger partial charge on any atom is 0.133 e. The molecule has 0 bridgehead atoms. The van der Waals surface area contributed by atoms with E-state index in [4.69, 9.17) is 4.98 Å². The Morgan fingerprint density at radius 2 is 1.95 bits per heavy atom. The summed E-state index contributed by atoms with van der Waals surface area (Å²) in [4.78, 5) is 7.13. The number of nitrogens with zero attached hydrogens (tertiary/aromatic N) is 2. The van der Waals surface area contributed by atoms with E-state index < -0.39 is 0 Å². The highest BCUT2D eigenvalue weighted by Gasteiger charge is 2.17. The highest BCUT2D eigenvalue weighted by atomic mass is 32.2. The van der Waals surface area contributed by atoms with Gasteiger partial charge in [-0.2, -0.15) is 11.8 Å². The zero-order chi connectivity index (χ0) is 16.0. The summed E-state index contributed by atoms with van der Waals surface area (Å²) in [5, 5.41) is 3.56. The fourth-order valence-corrected chi connectivity index (χ4v) is 3.11. The van der Waals surface area contributed by atoms with E-state index in [2.05, 4.69) is 64.2 Å². The molecule has 0 amide bonds. The first-order chi connectivity index (χ1) is 9.86. The Kier molecular flexibility index (Phi) is 7.53. The number of aryl methyl sites for hydroxylation is 2. The first kappa shape index (κ1) is 18.3. The quantitative estimate of drug-likeness (QED) is 0.794. The summed E-state index contributed by atoms with van der Waals surface area (Å²) in [5.41, 5.74) is 3.76. The Hall–Kier alpha value is -0.740. The Labute approximate surface area is 134 Å². The Morgan fingerprint density at radius 3 is 2.52 bits per heavy atom. The van der Waals surface area contributed by atoms with Crippen LogP contribution >= 0.6 is 11.8 Å². The molecule has 0 spiro atoms. The second-order valence-corrected chi connectivity index (χ2v) is 7.23. The lowest BCUT2D eigenvalue weighted by atomic mass is 10.1. The molecule has 1 aromatic heterocycles. The molecule has 3 nitrogen and oxygen atoms in total. The lowest BCUT2D eigenvalue weighted by Crippen LogP contribution is -2.33. The minimum Gasteiger partial charge on any atom is -0.356 e. The van der Waals surface area contributed by atoms with Crippen LogP contribution in [0.2, 0.25) is 0 Å². The molecule has 1 aromatic rings. The van der Waals surface area contributed by atoms with Crippen molar-refractivity contribution in [1.29, 1.82) is 0 Å². The van der Waals surface area contributed by atoms with Crippen LogP contribution in [0.15, 0.2) is 6.07 Å². The van der Waals surface area contributed by atoms with E-state index in [1.165, 1.54) is 11.1 Å². The number of rotatable bonds is 8. The summed E-state index contributed by atoms with van der Waals surface area (Å²) >= 11 is 1.88. The fraction of sp³-hybridized carbons (Fsp3) is 0.706. The van der Waals surface area contributed by atoms with Gasteiger partial charge in [0, 0.05) is 36.6 Å². The third-order valence-electron chi connectivity index (χ3n) is 3.71. The third kappa shape index (κ3) is 5.51. The number of hydrogen-bond acceptors (Lipinski definition) is 4. The van der Waals surface area contributed by atoms with Gasteiger partial charge >= 0.3 is 0 Å². The molecule has 1 N–H and O–H groups in total. The summed E-state index contributed by atoms with van der Waals surface area (Å²) in [5.74, 6) is 2.91. The van der Waals surface area contributed by atoms with Gasteiger partial charge in [0.05, 0.1) is 0 Å². The van der Waals surface area contributed by atoms with Gasteiger partial charge in [0.15, 0.2) is 0 Å². The molecule has 0 aromatic carbocycles. The molecular formula is C17H31N3S. The number of nitrogens with one attached hydrogen (secondary N) is 1. The van der Waals surface area contributed by atoms with Crippen LogP contribution < -0.4 is 10.2 Å². The normalized spacial score (nSPS) is 12.8. The SMILES string of the molecule is CSCC(C)N(C)c1nc(C)cc(C)c1CNCC(C)C. The van der Waals surface area contributed by atoms with E-state index in [1.807, 2.05) is 11.8 Å². The van der Waals surface area contributed by atoms with E-state index in [1.54, 1.807) is 0 Å². The van der Waals surface area contributed by atoms with E-state index in [9.17, 15) is 0 Å². The summed E-state index contributed by atoms with van der Waals surface area (Å²) < 4.78 is 0. The van der Waals surface area contributed by atoms with Crippen LogP contribution in [0, 0.1) is 19.8 Å². The van der Waals surface area contributed by atoms with Crippen molar-refractivity contribution in [3.05, 3.63) is 22.9 Å². The van der Waals surface area contributed by atoms with Crippen LogP contribution in [0.5, 0.6) is 0 Å². The molecule has 0 aliphatic heterocycles. The van der Waals surface area contributed by atoms with Crippen LogP contribution in [0.3, 0.4) is 0 Å². The minimum absolute atomic E-state index is 0.484. The molecule has 1 rings (SSSR count). The van der Waals surface area contributed by atoms with Crippen molar-refractivity contribution in [3.63, 3.8) is 0 Å². The molecule has 120 valence electrons. The number of thioether (sulfide) groups is 1. The average molecular weight is 310 g/mol.